The van der Waals surface area contributed by atoms with E-state index in [1.54, 1.807) is 17.0 Å². The average molecular weight is 301 g/mol. The van der Waals surface area contributed by atoms with Crippen molar-refractivity contribution in [1.82, 2.24) is 10.2 Å². The van der Waals surface area contributed by atoms with Gasteiger partial charge in [-0.1, -0.05) is 29.3 Å². The molecule has 1 aromatic carbocycles. The maximum Gasteiger partial charge on any atom is 0.227 e. The summed E-state index contributed by atoms with van der Waals surface area (Å²) in [6.07, 6.45) is 0.907. The fraction of sp³-hybridized carbons (Fsp3) is 0.500. The Kier molecular flexibility index (Phi) is 4.71. The summed E-state index contributed by atoms with van der Waals surface area (Å²) in [4.78, 5) is 14.1. The molecule has 1 saturated heterocycles. The van der Waals surface area contributed by atoms with Crippen molar-refractivity contribution in [1.29, 1.82) is 0 Å². The normalized spacial score (nSPS) is 20.3. The number of nitrogens with one attached hydrogen (secondary N) is 1. The Labute approximate surface area is 123 Å². The van der Waals surface area contributed by atoms with Gasteiger partial charge in [-0.25, -0.2) is 0 Å². The van der Waals surface area contributed by atoms with E-state index < -0.39 is 0 Å². The van der Waals surface area contributed by atoms with Crippen LogP contribution in [0.15, 0.2) is 18.2 Å². The summed E-state index contributed by atoms with van der Waals surface area (Å²) in [5, 5.41) is 4.42. The highest BCUT2D eigenvalue weighted by Gasteiger charge is 2.28. The molecule has 1 N–H and O–H groups in total. The van der Waals surface area contributed by atoms with E-state index in [0.29, 0.717) is 10.0 Å². The van der Waals surface area contributed by atoms with Gasteiger partial charge in [-0.3, -0.25) is 4.79 Å². The molecule has 1 aromatic rings. The van der Waals surface area contributed by atoms with E-state index in [1.807, 2.05) is 20.0 Å². The summed E-state index contributed by atoms with van der Waals surface area (Å²) in [6.45, 7) is 3.67. The lowest BCUT2D eigenvalue weighted by Gasteiger charge is -2.28. The van der Waals surface area contributed by atoms with Crippen LogP contribution in [0.25, 0.3) is 0 Å². The number of halogens is 2. The topological polar surface area (TPSA) is 32.3 Å². The Hall–Kier alpha value is -0.770. The van der Waals surface area contributed by atoms with Gasteiger partial charge in [0, 0.05) is 23.6 Å². The van der Waals surface area contributed by atoms with Crippen LogP contribution in [0.3, 0.4) is 0 Å². The third-order valence-corrected chi connectivity index (χ3v) is 4.31. The molecule has 3 nitrogen and oxygen atoms in total. The number of amides is 1. The molecule has 1 amide bonds. The molecule has 1 aliphatic rings. The minimum absolute atomic E-state index is 0.0575. The van der Waals surface area contributed by atoms with Crippen LogP contribution < -0.4 is 5.32 Å². The van der Waals surface area contributed by atoms with Crippen LogP contribution in [0.2, 0.25) is 10.0 Å². The molecule has 5 heteroatoms. The molecule has 1 aliphatic heterocycles. The summed E-state index contributed by atoms with van der Waals surface area (Å²) in [7, 11) is 1.83. The molecular formula is C14H18Cl2N2O. The molecule has 104 valence electrons. The molecule has 1 fully saturated rings. The first-order chi connectivity index (χ1) is 9.00. The van der Waals surface area contributed by atoms with Gasteiger partial charge in [-0.2, -0.15) is 0 Å². The highest BCUT2D eigenvalue weighted by molar-refractivity contribution is 6.35. The van der Waals surface area contributed by atoms with Crippen molar-refractivity contribution in [2.75, 3.05) is 20.1 Å². The van der Waals surface area contributed by atoms with Gasteiger partial charge >= 0.3 is 0 Å². The zero-order valence-electron chi connectivity index (χ0n) is 11.1. The van der Waals surface area contributed by atoms with Crippen LogP contribution >= 0.6 is 23.2 Å². The zero-order chi connectivity index (χ0) is 14.0. The second-order valence-corrected chi connectivity index (χ2v) is 5.82. The summed E-state index contributed by atoms with van der Waals surface area (Å²) in [5.41, 5.74) is 0.924. The van der Waals surface area contributed by atoms with Crippen LogP contribution in [0, 0.1) is 5.92 Å². The third kappa shape index (κ3) is 3.22. The van der Waals surface area contributed by atoms with Crippen molar-refractivity contribution >= 4 is 29.1 Å². The van der Waals surface area contributed by atoms with Gasteiger partial charge in [0.15, 0.2) is 0 Å². The van der Waals surface area contributed by atoms with Crippen molar-refractivity contribution < 1.29 is 4.79 Å². The Morgan fingerprint density at radius 3 is 2.79 bits per heavy atom. The van der Waals surface area contributed by atoms with E-state index >= 15 is 0 Å². The number of hydrogen-bond acceptors (Lipinski definition) is 2. The predicted octanol–water partition coefficient (Wildman–Crippen LogP) is 3.12. The highest BCUT2D eigenvalue weighted by Crippen LogP contribution is 2.30. The predicted molar refractivity (Wildman–Crippen MR) is 78.6 cm³/mol. The lowest BCUT2D eigenvalue weighted by molar-refractivity contribution is -0.135. The molecule has 0 aliphatic carbocycles. The molecule has 19 heavy (non-hydrogen) atoms. The molecule has 0 radical (unpaired) electrons. The van der Waals surface area contributed by atoms with Crippen LogP contribution in [-0.2, 0) is 4.79 Å². The standard InChI is InChI=1S/C14H18Cl2N2O/c1-9(12-4-3-11(15)7-13(12)16)18(2)14(19)10-5-6-17-8-10/h3-4,7,9-10,17H,5-6,8H2,1-2H3/t9-,10+/m0/s1. The number of rotatable bonds is 3. The second kappa shape index (κ2) is 6.12. The molecule has 0 spiro atoms. The molecule has 1 heterocycles. The number of carbonyl (C=O) groups is 1. The van der Waals surface area contributed by atoms with Gasteiger partial charge in [-0.15, -0.1) is 0 Å². The van der Waals surface area contributed by atoms with Crippen molar-refractivity contribution in [3.63, 3.8) is 0 Å². The van der Waals surface area contributed by atoms with Gasteiger partial charge in [0.05, 0.1) is 12.0 Å². The van der Waals surface area contributed by atoms with Crippen molar-refractivity contribution in [2.45, 2.75) is 19.4 Å². The largest absolute Gasteiger partial charge is 0.339 e. The zero-order valence-corrected chi connectivity index (χ0v) is 12.6. The number of nitrogens with zero attached hydrogens (tertiary/aromatic N) is 1. The van der Waals surface area contributed by atoms with Crippen molar-refractivity contribution in [3.8, 4) is 0 Å². The Balaban J connectivity index is 2.13. The van der Waals surface area contributed by atoms with E-state index in [-0.39, 0.29) is 17.9 Å². The van der Waals surface area contributed by atoms with E-state index in [4.69, 9.17) is 23.2 Å². The first-order valence-electron chi connectivity index (χ1n) is 6.43. The maximum atomic E-state index is 12.4. The molecular weight excluding hydrogens is 283 g/mol. The number of benzene rings is 1. The summed E-state index contributed by atoms with van der Waals surface area (Å²) in [5.74, 6) is 0.252. The van der Waals surface area contributed by atoms with Crippen LogP contribution in [-0.4, -0.2) is 30.9 Å². The minimum Gasteiger partial charge on any atom is -0.339 e. The van der Waals surface area contributed by atoms with E-state index in [2.05, 4.69) is 5.32 Å². The quantitative estimate of drug-likeness (QED) is 0.930. The average Bonchev–Trinajstić information content (AvgIpc) is 2.90. The highest BCUT2D eigenvalue weighted by atomic mass is 35.5. The molecule has 0 bridgehead atoms. The summed E-state index contributed by atoms with van der Waals surface area (Å²) < 4.78 is 0. The van der Waals surface area contributed by atoms with Gasteiger partial charge in [0.25, 0.3) is 0 Å². The Morgan fingerprint density at radius 1 is 1.47 bits per heavy atom. The number of carbonyl (C=O) groups excluding carboxylic acids is 1. The van der Waals surface area contributed by atoms with Crippen LogP contribution in [0.5, 0.6) is 0 Å². The fourth-order valence-corrected chi connectivity index (χ4v) is 2.96. The monoisotopic (exact) mass is 300 g/mol. The summed E-state index contributed by atoms with van der Waals surface area (Å²) in [6, 6.07) is 5.34. The fourth-order valence-electron chi connectivity index (χ4n) is 2.39. The molecule has 0 unspecified atom stereocenters. The first-order valence-corrected chi connectivity index (χ1v) is 7.18. The van der Waals surface area contributed by atoms with Gasteiger partial charge in [0.2, 0.25) is 5.91 Å². The molecule has 0 saturated carbocycles. The Morgan fingerprint density at radius 2 is 2.21 bits per heavy atom. The van der Waals surface area contributed by atoms with E-state index in [1.165, 1.54) is 0 Å². The lowest BCUT2D eigenvalue weighted by atomic mass is 10.0. The van der Waals surface area contributed by atoms with E-state index in [9.17, 15) is 4.79 Å². The summed E-state index contributed by atoms with van der Waals surface area (Å²) >= 11 is 12.1. The van der Waals surface area contributed by atoms with Crippen LogP contribution in [0.1, 0.15) is 24.9 Å². The SMILES string of the molecule is C[C@@H](c1ccc(Cl)cc1Cl)N(C)C(=O)[C@@H]1CCNC1. The Bertz CT molecular complexity index is 473. The third-order valence-electron chi connectivity index (χ3n) is 3.75. The van der Waals surface area contributed by atoms with E-state index in [0.717, 1.165) is 25.1 Å². The first kappa shape index (κ1) is 14.6. The van der Waals surface area contributed by atoms with Gasteiger partial charge < -0.3 is 10.2 Å². The van der Waals surface area contributed by atoms with Gasteiger partial charge in [0.1, 0.15) is 0 Å². The van der Waals surface area contributed by atoms with Gasteiger partial charge in [-0.05, 0) is 37.6 Å². The molecule has 0 aromatic heterocycles. The second-order valence-electron chi connectivity index (χ2n) is 4.98. The number of hydrogen-bond donors (Lipinski definition) is 1. The van der Waals surface area contributed by atoms with Crippen molar-refractivity contribution in [2.24, 2.45) is 5.92 Å². The maximum absolute atomic E-state index is 12.4. The lowest BCUT2D eigenvalue weighted by Crippen LogP contribution is -2.35. The van der Waals surface area contributed by atoms with Crippen LogP contribution in [0.4, 0.5) is 0 Å². The smallest absolute Gasteiger partial charge is 0.227 e. The minimum atomic E-state index is -0.0575. The van der Waals surface area contributed by atoms with Crippen molar-refractivity contribution in [3.05, 3.63) is 33.8 Å². The molecule has 2 atom stereocenters. The molecule has 2 rings (SSSR count).